The van der Waals surface area contributed by atoms with E-state index >= 15 is 0 Å². The number of amides is 1. The first-order chi connectivity index (χ1) is 14.0. The number of pyridine rings is 1. The number of aromatic nitrogens is 3. The molecule has 0 aliphatic rings. The summed E-state index contributed by atoms with van der Waals surface area (Å²) >= 11 is 6.10. The Morgan fingerprint density at radius 2 is 2.07 bits per heavy atom. The molecule has 3 N–H and O–H groups in total. The molecule has 0 aliphatic heterocycles. The van der Waals surface area contributed by atoms with Gasteiger partial charge in [0.2, 0.25) is 0 Å². The Bertz CT molecular complexity index is 964. The van der Waals surface area contributed by atoms with E-state index in [2.05, 4.69) is 15.4 Å². The molecule has 2 atom stereocenters. The lowest BCUT2D eigenvalue weighted by atomic mass is 10.1. The van der Waals surface area contributed by atoms with Crippen molar-refractivity contribution in [2.75, 3.05) is 13.2 Å². The molecule has 2 aromatic heterocycles. The lowest BCUT2D eigenvalue weighted by Gasteiger charge is -2.19. The van der Waals surface area contributed by atoms with Crippen LogP contribution in [0.15, 0.2) is 42.6 Å². The molecule has 0 bridgehead atoms. The summed E-state index contributed by atoms with van der Waals surface area (Å²) in [6, 6.07) is 10.4. The summed E-state index contributed by atoms with van der Waals surface area (Å²) in [7, 11) is 0. The number of carboxylic acid groups (broad SMARTS) is 1. The number of nitrogens with one attached hydrogen (secondary N) is 1. The molecule has 9 heteroatoms. The van der Waals surface area contributed by atoms with Crippen LogP contribution in [-0.4, -0.2) is 50.4 Å². The zero-order valence-corrected chi connectivity index (χ0v) is 16.7. The molecular weight excluding hydrogens is 396 g/mol. The molecule has 3 rings (SSSR count). The van der Waals surface area contributed by atoms with Gasteiger partial charge < -0.3 is 20.3 Å². The highest BCUT2D eigenvalue weighted by Gasteiger charge is 2.17. The molecule has 3 aromatic rings. The Morgan fingerprint density at radius 1 is 1.31 bits per heavy atom. The molecule has 1 aromatic carbocycles. The second-order valence-electron chi connectivity index (χ2n) is 6.60. The van der Waals surface area contributed by atoms with Gasteiger partial charge in [-0.25, -0.2) is 9.78 Å². The van der Waals surface area contributed by atoms with Crippen LogP contribution < -0.4 is 5.32 Å². The third-order valence-electron chi connectivity index (χ3n) is 4.48. The number of ether oxygens (including phenoxy) is 1. The highest BCUT2D eigenvalue weighted by atomic mass is 35.5. The number of nitrogens with zero attached hydrogens (tertiary/aromatic N) is 3. The predicted molar refractivity (Wildman–Crippen MR) is 109 cm³/mol. The number of hydrogen-bond donors (Lipinski definition) is 3. The molecule has 2 heterocycles. The van der Waals surface area contributed by atoms with Gasteiger partial charge >= 0.3 is 6.09 Å². The number of halogens is 1. The lowest BCUT2D eigenvalue weighted by molar-refractivity contribution is 0.0274. The smallest absolute Gasteiger partial charge is 0.405 e. The van der Waals surface area contributed by atoms with Crippen LogP contribution in [0.4, 0.5) is 4.79 Å². The van der Waals surface area contributed by atoms with Crippen molar-refractivity contribution in [1.29, 1.82) is 0 Å². The normalized spacial score (nSPS) is 13.3. The van der Waals surface area contributed by atoms with Crippen molar-refractivity contribution in [3.8, 4) is 0 Å². The van der Waals surface area contributed by atoms with E-state index in [9.17, 15) is 9.90 Å². The average molecular weight is 419 g/mol. The van der Waals surface area contributed by atoms with Crippen LogP contribution in [0.2, 0.25) is 5.15 Å². The Balaban J connectivity index is 1.64. The molecule has 0 saturated carbocycles. The standard InChI is InChI=1S/C20H23ClN4O4/c1-2-25-19-14(10-22-25)8-18(21)23-16(19)9-15(26)11-29-12-17(24-20(27)28)13-6-4-3-5-7-13/h3-8,10,15,17,24,26H,2,9,11-12H2,1H3,(H,27,28). The van der Waals surface area contributed by atoms with Gasteiger partial charge in [0, 0.05) is 18.4 Å². The van der Waals surface area contributed by atoms with Crippen molar-refractivity contribution < 1.29 is 19.7 Å². The first-order valence-corrected chi connectivity index (χ1v) is 9.66. The van der Waals surface area contributed by atoms with Crippen molar-refractivity contribution in [1.82, 2.24) is 20.1 Å². The second kappa shape index (κ2) is 9.69. The Labute approximate surface area is 173 Å². The van der Waals surface area contributed by atoms with E-state index < -0.39 is 18.2 Å². The van der Waals surface area contributed by atoms with E-state index in [1.807, 2.05) is 41.9 Å². The minimum absolute atomic E-state index is 0.0284. The van der Waals surface area contributed by atoms with E-state index in [1.165, 1.54) is 0 Å². The monoisotopic (exact) mass is 418 g/mol. The summed E-state index contributed by atoms with van der Waals surface area (Å²) in [6.45, 7) is 2.77. The highest BCUT2D eigenvalue weighted by molar-refractivity contribution is 6.30. The first kappa shape index (κ1) is 21.0. The Kier molecular flexibility index (Phi) is 7.03. The SMILES string of the molecule is CCn1ncc2cc(Cl)nc(CC(O)COCC(NC(=O)O)c3ccccc3)c21. The summed E-state index contributed by atoms with van der Waals surface area (Å²) in [5.74, 6) is 0. The van der Waals surface area contributed by atoms with E-state index in [0.29, 0.717) is 17.4 Å². The van der Waals surface area contributed by atoms with E-state index in [1.54, 1.807) is 12.3 Å². The van der Waals surface area contributed by atoms with Crippen LogP contribution in [0.5, 0.6) is 0 Å². The molecule has 154 valence electrons. The summed E-state index contributed by atoms with van der Waals surface area (Å²) in [4.78, 5) is 15.4. The molecular formula is C20H23ClN4O4. The van der Waals surface area contributed by atoms with E-state index in [0.717, 1.165) is 16.5 Å². The number of aliphatic hydroxyl groups is 1. The topological polar surface area (TPSA) is 110 Å². The van der Waals surface area contributed by atoms with Crippen LogP contribution in [-0.2, 0) is 17.7 Å². The number of hydrogen-bond acceptors (Lipinski definition) is 5. The van der Waals surface area contributed by atoms with Gasteiger partial charge in [0.05, 0.1) is 42.8 Å². The van der Waals surface area contributed by atoms with Crippen molar-refractivity contribution in [3.63, 3.8) is 0 Å². The Hall–Kier alpha value is -2.68. The number of aryl methyl sites for hydroxylation is 1. The maximum absolute atomic E-state index is 11.1. The van der Waals surface area contributed by atoms with Crippen molar-refractivity contribution >= 4 is 28.6 Å². The van der Waals surface area contributed by atoms with Crippen molar-refractivity contribution in [2.24, 2.45) is 0 Å². The summed E-state index contributed by atoms with van der Waals surface area (Å²) in [5, 5.41) is 27.5. The molecule has 0 aliphatic carbocycles. The lowest BCUT2D eigenvalue weighted by Crippen LogP contribution is -2.31. The fourth-order valence-corrected chi connectivity index (χ4v) is 3.42. The molecule has 0 saturated heterocycles. The summed E-state index contributed by atoms with van der Waals surface area (Å²) in [5.41, 5.74) is 2.27. The first-order valence-electron chi connectivity index (χ1n) is 9.29. The quantitative estimate of drug-likeness (QED) is 0.461. The van der Waals surface area contributed by atoms with Crippen LogP contribution in [0.1, 0.15) is 24.2 Å². The average Bonchev–Trinajstić information content (AvgIpc) is 3.10. The van der Waals surface area contributed by atoms with Crippen LogP contribution >= 0.6 is 11.6 Å². The minimum Gasteiger partial charge on any atom is -0.465 e. The van der Waals surface area contributed by atoms with Crippen molar-refractivity contribution in [2.45, 2.75) is 32.0 Å². The largest absolute Gasteiger partial charge is 0.465 e. The fourth-order valence-electron chi connectivity index (χ4n) is 3.21. The summed E-state index contributed by atoms with van der Waals surface area (Å²) in [6.07, 6.45) is -0.00156. The van der Waals surface area contributed by atoms with Crippen LogP contribution in [0.25, 0.3) is 10.9 Å². The zero-order chi connectivity index (χ0) is 20.8. The van der Waals surface area contributed by atoms with Crippen molar-refractivity contribution in [3.05, 3.63) is 59.0 Å². The fraction of sp³-hybridized carbons (Fsp3) is 0.350. The highest BCUT2D eigenvalue weighted by Crippen LogP contribution is 2.22. The molecule has 8 nitrogen and oxygen atoms in total. The maximum atomic E-state index is 11.1. The molecule has 0 fully saturated rings. The van der Waals surface area contributed by atoms with Gasteiger partial charge in [-0.15, -0.1) is 0 Å². The van der Waals surface area contributed by atoms with Crippen LogP contribution in [0.3, 0.4) is 0 Å². The molecule has 1 amide bonds. The Morgan fingerprint density at radius 3 is 2.76 bits per heavy atom. The minimum atomic E-state index is -1.14. The van der Waals surface area contributed by atoms with Gasteiger partial charge in [-0.2, -0.15) is 5.10 Å². The van der Waals surface area contributed by atoms with Gasteiger partial charge in [0.15, 0.2) is 0 Å². The number of fused-ring (bicyclic) bond motifs is 1. The maximum Gasteiger partial charge on any atom is 0.405 e. The van der Waals surface area contributed by atoms with Gasteiger partial charge in [-0.05, 0) is 18.6 Å². The van der Waals surface area contributed by atoms with Crippen LogP contribution in [0, 0.1) is 0 Å². The molecule has 2 unspecified atom stereocenters. The van der Waals surface area contributed by atoms with E-state index in [4.69, 9.17) is 21.4 Å². The van der Waals surface area contributed by atoms with Gasteiger partial charge in [0.1, 0.15) is 5.15 Å². The summed E-state index contributed by atoms with van der Waals surface area (Å²) < 4.78 is 7.42. The predicted octanol–water partition coefficient (Wildman–Crippen LogP) is 3.03. The third-order valence-corrected chi connectivity index (χ3v) is 4.67. The molecule has 0 radical (unpaired) electrons. The van der Waals surface area contributed by atoms with Gasteiger partial charge in [-0.1, -0.05) is 41.9 Å². The number of aliphatic hydroxyl groups excluding tert-OH is 1. The van der Waals surface area contributed by atoms with Gasteiger partial charge in [0.25, 0.3) is 0 Å². The second-order valence-corrected chi connectivity index (χ2v) is 6.99. The third kappa shape index (κ3) is 5.44. The zero-order valence-electron chi connectivity index (χ0n) is 16.0. The number of benzene rings is 1. The molecule has 0 spiro atoms. The molecule has 29 heavy (non-hydrogen) atoms. The van der Waals surface area contributed by atoms with E-state index in [-0.39, 0.29) is 19.6 Å². The number of carbonyl (C=O) groups is 1. The number of rotatable bonds is 9. The van der Waals surface area contributed by atoms with Gasteiger partial charge in [-0.3, -0.25) is 4.68 Å².